The van der Waals surface area contributed by atoms with E-state index in [1.54, 1.807) is 4.90 Å². The summed E-state index contributed by atoms with van der Waals surface area (Å²) < 4.78 is 6.60. The van der Waals surface area contributed by atoms with Crippen LogP contribution in [0.4, 0.5) is 10.5 Å². The summed E-state index contributed by atoms with van der Waals surface area (Å²) in [5.74, 6) is -0.829. The number of carboxylic acids is 1. The molecule has 3 aromatic rings. The number of fused-ring (bicyclic) bond motifs is 2. The predicted molar refractivity (Wildman–Crippen MR) is 147 cm³/mol. The largest absolute Gasteiger partial charge is 0.481 e. The van der Waals surface area contributed by atoms with Crippen molar-refractivity contribution in [2.45, 2.75) is 84.4 Å². The van der Waals surface area contributed by atoms with Gasteiger partial charge in [0, 0.05) is 37.8 Å². The molecule has 0 spiro atoms. The third kappa shape index (κ3) is 6.92. The number of aromatic nitrogens is 4. The van der Waals surface area contributed by atoms with Gasteiger partial charge in [-0.05, 0) is 64.7 Å². The minimum Gasteiger partial charge on any atom is -0.481 e. The van der Waals surface area contributed by atoms with Crippen molar-refractivity contribution in [3.05, 3.63) is 38.5 Å². The lowest BCUT2D eigenvalue weighted by molar-refractivity contribution is -0.137. The number of amides is 1. The molecule has 1 amide bonds. The van der Waals surface area contributed by atoms with Crippen LogP contribution in [0.2, 0.25) is 0 Å². The Kier molecular flexibility index (Phi) is 8.22. The fourth-order valence-corrected chi connectivity index (χ4v) is 4.68. The van der Waals surface area contributed by atoms with Crippen LogP contribution in [0.15, 0.2) is 21.7 Å². The maximum Gasteiger partial charge on any atom is 0.410 e. The molecule has 39 heavy (non-hydrogen) atoms. The number of aryl methyl sites for hydroxylation is 1. The first-order valence-electron chi connectivity index (χ1n) is 13.3. The summed E-state index contributed by atoms with van der Waals surface area (Å²) in [7, 11) is 0. The molecular weight excluding hydrogens is 504 g/mol. The standard InChI is InChI=1S/C27H36N6O6/c1-16-13-19-20(14-18(16)28-17-10-12-32(15-17)26(38)39-27(2,3)4)30-23-22(29-19)24(36)33(25(37)31-23)11-8-6-5-7-9-21(34)35/h13-14,17,28H,5-12,15H2,1-4H3,(H,34,35)(H,30,31,37)/t17-/m0/s1. The minimum atomic E-state index is -0.829. The number of carbonyl (C=O) groups is 2. The molecule has 210 valence electrons. The maximum absolute atomic E-state index is 13.1. The number of unbranched alkanes of at least 4 members (excludes halogenated alkanes) is 3. The number of aliphatic carboxylic acids is 1. The smallest absolute Gasteiger partial charge is 0.410 e. The summed E-state index contributed by atoms with van der Waals surface area (Å²) in [6.07, 6.45) is 3.13. The van der Waals surface area contributed by atoms with Crippen molar-refractivity contribution in [2.75, 3.05) is 18.4 Å². The van der Waals surface area contributed by atoms with Crippen LogP contribution in [0.25, 0.3) is 22.2 Å². The van der Waals surface area contributed by atoms with Gasteiger partial charge in [0.15, 0.2) is 11.2 Å². The van der Waals surface area contributed by atoms with E-state index >= 15 is 0 Å². The fraction of sp³-hybridized carbons (Fsp3) is 0.556. The molecule has 0 unspecified atom stereocenters. The van der Waals surface area contributed by atoms with Crippen molar-refractivity contribution >= 4 is 39.9 Å². The van der Waals surface area contributed by atoms with Crippen LogP contribution < -0.4 is 16.6 Å². The number of ether oxygens (including phenoxy) is 1. The number of likely N-dealkylation sites (tertiary alicyclic amines) is 1. The number of nitrogens with zero attached hydrogens (tertiary/aromatic N) is 4. The van der Waals surface area contributed by atoms with Crippen LogP contribution in [0.5, 0.6) is 0 Å². The van der Waals surface area contributed by atoms with Gasteiger partial charge in [-0.1, -0.05) is 12.8 Å². The van der Waals surface area contributed by atoms with Gasteiger partial charge >= 0.3 is 17.8 Å². The van der Waals surface area contributed by atoms with E-state index in [1.807, 2.05) is 39.8 Å². The molecule has 1 aliphatic heterocycles. The molecule has 0 aliphatic carbocycles. The zero-order chi connectivity index (χ0) is 28.3. The van der Waals surface area contributed by atoms with E-state index in [1.165, 1.54) is 0 Å². The Balaban J connectivity index is 1.49. The lowest BCUT2D eigenvalue weighted by atomic mass is 10.1. The van der Waals surface area contributed by atoms with Gasteiger partial charge in [0.2, 0.25) is 0 Å². The summed E-state index contributed by atoms with van der Waals surface area (Å²) in [5.41, 5.74) is 1.45. The molecule has 2 aromatic heterocycles. The maximum atomic E-state index is 13.1. The number of benzene rings is 1. The number of carbonyl (C=O) groups excluding carboxylic acids is 1. The number of hydrogen-bond acceptors (Lipinski definition) is 8. The van der Waals surface area contributed by atoms with Gasteiger partial charge in [-0.15, -0.1) is 0 Å². The third-order valence-electron chi connectivity index (χ3n) is 6.65. The Morgan fingerprint density at radius 3 is 2.56 bits per heavy atom. The normalized spacial score (nSPS) is 15.7. The molecule has 1 fully saturated rings. The average molecular weight is 541 g/mol. The lowest BCUT2D eigenvalue weighted by Gasteiger charge is -2.24. The molecule has 1 atom stereocenters. The Morgan fingerprint density at radius 2 is 1.85 bits per heavy atom. The number of carboxylic acid groups (broad SMARTS) is 1. The highest BCUT2D eigenvalue weighted by atomic mass is 16.6. The molecule has 0 saturated carbocycles. The lowest BCUT2D eigenvalue weighted by Crippen LogP contribution is -2.36. The van der Waals surface area contributed by atoms with Gasteiger partial charge in [0.25, 0.3) is 5.56 Å². The molecule has 1 aromatic carbocycles. The van der Waals surface area contributed by atoms with Crippen molar-refractivity contribution in [1.29, 1.82) is 0 Å². The average Bonchev–Trinajstić information content (AvgIpc) is 3.30. The highest BCUT2D eigenvalue weighted by Gasteiger charge is 2.30. The SMILES string of the molecule is Cc1cc2nc3c(=O)n(CCCCCCC(=O)O)c(=O)[nH]c3nc2cc1N[C@H]1CCN(C(=O)OC(C)(C)C)C1. The number of H-pyrrole nitrogens is 1. The molecule has 12 nitrogen and oxygen atoms in total. The number of aromatic amines is 1. The van der Waals surface area contributed by atoms with Gasteiger partial charge in [-0.3, -0.25) is 19.1 Å². The molecule has 0 radical (unpaired) electrons. The van der Waals surface area contributed by atoms with Crippen molar-refractivity contribution in [3.8, 4) is 0 Å². The first-order chi connectivity index (χ1) is 18.4. The van der Waals surface area contributed by atoms with Gasteiger partial charge in [-0.25, -0.2) is 19.6 Å². The third-order valence-corrected chi connectivity index (χ3v) is 6.65. The van der Waals surface area contributed by atoms with Gasteiger partial charge < -0.3 is 20.1 Å². The van der Waals surface area contributed by atoms with Crippen LogP contribution in [0.3, 0.4) is 0 Å². The molecule has 12 heteroatoms. The molecule has 0 bridgehead atoms. The predicted octanol–water partition coefficient (Wildman–Crippen LogP) is 3.40. The molecule has 4 rings (SSSR count). The van der Waals surface area contributed by atoms with Crippen LogP contribution in [-0.2, 0) is 16.1 Å². The molecule has 1 saturated heterocycles. The summed E-state index contributed by atoms with van der Waals surface area (Å²) >= 11 is 0. The Labute approximate surface area is 225 Å². The highest BCUT2D eigenvalue weighted by Crippen LogP contribution is 2.25. The van der Waals surface area contributed by atoms with Crippen molar-refractivity contribution in [1.82, 2.24) is 24.4 Å². The number of anilines is 1. The summed E-state index contributed by atoms with van der Waals surface area (Å²) in [6.45, 7) is 8.80. The van der Waals surface area contributed by atoms with Crippen molar-refractivity contribution in [2.24, 2.45) is 0 Å². The van der Waals surface area contributed by atoms with Crippen LogP contribution >= 0.6 is 0 Å². The first-order valence-corrected chi connectivity index (χ1v) is 13.3. The number of rotatable bonds is 9. The molecule has 3 N–H and O–H groups in total. The fourth-order valence-electron chi connectivity index (χ4n) is 4.68. The monoisotopic (exact) mass is 540 g/mol. The van der Waals surface area contributed by atoms with Gasteiger partial charge in [0.1, 0.15) is 5.60 Å². The number of hydrogen-bond donors (Lipinski definition) is 3. The number of nitrogens with one attached hydrogen (secondary N) is 2. The Bertz CT molecular complexity index is 1510. The second kappa shape index (κ2) is 11.4. The summed E-state index contributed by atoms with van der Waals surface area (Å²) in [5, 5.41) is 12.2. The highest BCUT2D eigenvalue weighted by molar-refractivity contribution is 5.87. The van der Waals surface area contributed by atoms with E-state index in [9.17, 15) is 19.2 Å². The Morgan fingerprint density at radius 1 is 1.13 bits per heavy atom. The molecule has 1 aliphatic rings. The van der Waals surface area contributed by atoms with E-state index in [4.69, 9.17) is 9.84 Å². The topological polar surface area (TPSA) is 160 Å². The van der Waals surface area contributed by atoms with Crippen molar-refractivity contribution in [3.63, 3.8) is 0 Å². The molecule has 3 heterocycles. The zero-order valence-electron chi connectivity index (χ0n) is 22.9. The van der Waals surface area contributed by atoms with E-state index in [2.05, 4.69) is 20.3 Å². The van der Waals surface area contributed by atoms with E-state index in [0.29, 0.717) is 49.8 Å². The summed E-state index contributed by atoms with van der Waals surface area (Å²) in [4.78, 5) is 62.2. The second-order valence-electron chi connectivity index (χ2n) is 11.1. The van der Waals surface area contributed by atoms with E-state index in [0.717, 1.165) is 22.2 Å². The van der Waals surface area contributed by atoms with E-state index in [-0.39, 0.29) is 36.3 Å². The molecular formula is C27H36N6O6. The van der Waals surface area contributed by atoms with Gasteiger partial charge in [-0.2, -0.15) is 0 Å². The van der Waals surface area contributed by atoms with E-state index < -0.39 is 22.8 Å². The van der Waals surface area contributed by atoms with Crippen LogP contribution in [0, 0.1) is 6.92 Å². The second-order valence-corrected chi connectivity index (χ2v) is 11.1. The van der Waals surface area contributed by atoms with Gasteiger partial charge in [0.05, 0.1) is 11.0 Å². The summed E-state index contributed by atoms with van der Waals surface area (Å²) in [6, 6.07) is 3.73. The van der Waals surface area contributed by atoms with Crippen LogP contribution in [0.1, 0.15) is 64.9 Å². The minimum absolute atomic E-state index is 0.0400. The first kappa shape index (κ1) is 28.1. The van der Waals surface area contributed by atoms with Crippen LogP contribution in [-0.4, -0.2) is 66.3 Å². The quantitative estimate of drug-likeness (QED) is 0.273. The Hall–Kier alpha value is -3.96. The van der Waals surface area contributed by atoms with Crippen molar-refractivity contribution < 1.29 is 19.4 Å². The zero-order valence-corrected chi connectivity index (χ0v) is 22.9.